The second-order valence-corrected chi connectivity index (χ2v) is 5.61. The summed E-state index contributed by atoms with van der Waals surface area (Å²) >= 11 is 0. The van der Waals surface area contributed by atoms with Gasteiger partial charge in [0.1, 0.15) is 0 Å². The van der Waals surface area contributed by atoms with Crippen molar-refractivity contribution in [2.45, 2.75) is 33.2 Å². The molecule has 3 nitrogen and oxygen atoms in total. The Morgan fingerprint density at radius 2 is 2.21 bits per heavy atom. The van der Waals surface area contributed by atoms with Crippen molar-refractivity contribution in [3.05, 3.63) is 35.4 Å². The maximum absolute atomic E-state index is 11.0. The Kier molecular flexibility index (Phi) is 4.97. The molecular formula is C16H24N2O. The van der Waals surface area contributed by atoms with Gasteiger partial charge in [0.25, 0.3) is 0 Å². The topological polar surface area (TPSA) is 32.3 Å². The molecule has 1 atom stereocenters. The highest BCUT2D eigenvalue weighted by atomic mass is 16.1. The van der Waals surface area contributed by atoms with Crippen LogP contribution < -0.4 is 5.32 Å². The molecule has 1 aliphatic heterocycles. The minimum Gasteiger partial charge on any atom is -0.356 e. The van der Waals surface area contributed by atoms with Crippen LogP contribution in [0.15, 0.2) is 24.3 Å². The van der Waals surface area contributed by atoms with E-state index in [1.54, 1.807) is 6.92 Å². The van der Waals surface area contributed by atoms with Gasteiger partial charge in [0, 0.05) is 26.6 Å². The summed E-state index contributed by atoms with van der Waals surface area (Å²) in [5.41, 5.74) is 2.79. The molecule has 1 unspecified atom stereocenters. The van der Waals surface area contributed by atoms with Crippen molar-refractivity contribution < 1.29 is 4.79 Å². The molecule has 0 radical (unpaired) electrons. The van der Waals surface area contributed by atoms with Gasteiger partial charge < -0.3 is 5.32 Å². The summed E-state index contributed by atoms with van der Waals surface area (Å²) in [4.78, 5) is 13.5. The van der Waals surface area contributed by atoms with Crippen molar-refractivity contribution in [3.63, 3.8) is 0 Å². The highest BCUT2D eigenvalue weighted by molar-refractivity contribution is 5.72. The van der Waals surface area contributed by atoms with E-state index in [1.165, 1.54) is 30.5 Å². The first-order valence-electron chi connectivity index (χ1n) is 7.16. The molecule has 1 heterocycles. The van der Waals surface area contributed by atoms with E-state index < -0.39 is 0 Å². The highest BCUT2D eigenvalue weighted by Crippen LogP contribution is 2.19. The number of benzene rings is 1. The number of likely N-dealkylation sites (tertiary alicyclic amines) is 1. The molecule has 1 amide bonds. The minimum atomic E-state index is 0.0797. The number of aryl methyl sites for hydroxylation is 1. The van der Waals surface area contributed by atoms with Crippen LogP contribution in [0.2, 0.25) is 0 Å². The Labute approximate surface area is 116 Å². The fourth-order valence-corrected chi connectivity index (χ4v) is 2.78. The van der Waals surface area contributed by atoms with Crippen LogP contribution in [0.4, 0.5) is 0 Å². The lowest BCUT2D eigenvalue weighted by Crippen LogP contribution is -2.40. The first-order chi connectivity index (χ1) is 9.15. The Morgan fingerprint density at radius 1 is 1.42 bits per heavy atom. The Balaban J connectivity index is 1.87. The second kappa shape index (κ2) is 6.71. The van der Waals surface area contributed by atoms with E-state index in [0.717, 1.165) is 19.6 Å². The number of nitrogens with one attached hydrogen (secondary N) is 1. The minimum absolute atomic E-state index is 0.0797. The molecule has 0 bridgehead atoms. The van der Waals surface area contributed by atoms with Gasteiger partial charge in [-0.1, -0.05) is 24.3 Å². The lowest BCUT2D eigenvalue weighted by atomic mass is 9.97. The molecule has 19 heavy (non-hydrogen) atoms. The van der Waals surface area contributed by atoms with Crippen LogP contribution >= 0.6 is 0 Å². The Morgan fingerprint density at radius 3 is 2.95 bits per heavy atom. The average Bonchev–Trinajstić information content (AvgIpc) is 2.40. The van der Waals surface area contributed by atoms with E-state index in [1.807, 2.05) is 0 Å². The molecule has 1 aliphatic rings. The highest BCUT2D eigenvalue weighted by Gasteiger charge is 2.20. The van der Waals surface area contributed by atoms with Gasteiger partial charge in [-0.05, 0) is 43.4 Å². The van der Waals surface area contributed by atoms with Crippen LogP contribution in [0.5, 0.6) is 0 Å². The number of piperidine rings is 1. The van der Waals surface area contributed by atoms with Gasteiger partial charge in [-0.3, -0.25) is 9.69 Å². The third kappa shape index (κ3) is 4.35. The number of carbonyl (C=O) groups excluding carboxylic acids is 1. The molecule has 1 saturated heterocycles. The normalized spacial score (nSPS) is 20.2. The van der Waals surface area contributed by atoms with E-state index in [9.17, 15) is 4.79 Å². The third-order valence-corrected chi connectivity index (χ3v) is 3.90. The van der Waals surface area contributed by atoms with Crippen molar-refractivity contribution >= 4 is 5.91 Å². The van der Waals surface area contributed by atoms with Crippen LogP contribution in [-0.4, -0.2) is 30.4 Å². The summed E-state index contributed by atoms with van der Waals surface area (Å²) in [5.74, 6) is 0.678. The average molecular weight is 260 g/mol. The van der Waals surface area contributed by atoms with Crippen LogP contribution in [0.25, 0.3) is 0 Å². The van der Waals surface area contributed by atoms with Crippen molar-refractivity contribution in [1.82, 2.24) is 10.2 Å². The predicted octanol–water partition coefficient (Wildman–Crippen LogP) is 2.34. The van der Waals surface area contributed by atoms with Crippen molar-refractivity contribution in [2.24, 2.45) is 5.92 Å². The van der Waals surface area contributed by atoms with E-state index in [0.29, 0.717) is 5.92 Å². The van der Waals surface area contributed by atoms with Crippen LogP contribution in [0.1, 0.15) is 30.9 Å². The Hall–Kier alpha value is -1.35. The molecule has 1 aromatic rings. The SMILES string of the molecule is CC(=O)NCC1CCCN(Cc2ccccc2C)C1. The third-order valence-electron chi connectivity index (χ3n) is 3.90. The molecule has 0 aromatic heterocycles. The summed E-state index contributed by atoms with van der Waals surface area (Å²) < 4.78 is 0. The number of nitrogens with zero attached hydrogens (tertiary/aromatic N) is 1. The summed E-state index contributed by atoms with van der Waals surface area (Å²) in [5, 5.41) is 2.95. The molecule has 0 aliphatic carbocycles. The van der Waals surface area contributed by atoms with Crippen molar-refractivity contribution in [1.29, 1.82) is 0 Å². The maximum Gasteiger partial charge on any atom is 0.216 e. The fraction of sp³-hybridized carbons (Fsp3) is 0.562. The maximum atomic E-state index is 11.0. The zero-order valence-corrected chi connectivity index (χ0v) is 12.0. The number of hydrogen-bond donors (Lipinski definition) is 1. The van der Waals surface area contributed by atoms with Gasteiger partial charge in [-0.15, -0.1) is 0 Å². The van der Waals surface area contributed by atoms with Gasteiger partial charge in [0.2, 0.25) is 5.91 Å². The standard InChI is InChI=1S/C16H24N2O/c1-13-6-3-4-8-16(13)12-18-9-5-7-15(11-18)10-17-14(2)19/h3-4,6,8,15H,5,7,9-12H2,1-2H3,(H,17,19). The van der Waals surface area contributed by atoms with Crippen molar-refractivity contribution in [2.75, 3.05) is 19.6 Å². The second-order valence-electron chi connectivity index (χ2n) is 5.61. The summed E-state index contributed by atoms with van der Waals surface area (Å²) in [6.07, 6.45) is 2.46. The largest absolute Gasteiger partial charge is 0.356 e. The molecule has 3 heteroatoms. The van der Waals surface area contributed by atoms with E-state index in [4.69, 9.17) is 0 Å². The molecule has 2 rings (SSSR count). The van der Waals surface area contributed by atoms with Gasteiger partial charge in [-0.2, -0.15) is 0 Å². The van der Waals surface area contributed by atoms with Gasteiger partial charge in [0.05, 0.1) is 0 Å². The molecule has 104 valence electrons. The molecule has 0 saturated carbocycles. The molecule has 1 fully saturated rings. The van der Waals surface area contributed by atoms with Crippen molar-refractivity contribution in [3.8, 4) is 0 Å². The smallest absolute Gasteiger partial charge is 0.216 e. The predicted molar refractivity (Wildman–Crippen MR) is 77.9 cm³/mol. The van der Waals surface area contributed by atoms with E-state index in [2.05, 4.69) is 41.4 Å². The first-order valence-corrected chi connectivity index (χ1v) is 7.16. The van der Waals surface area contributed by atoms with Gasteiger partial charge in [-0.25, -0.2) is 0 Å². The first kappa shape index (κ1) is 14.1. The monoisotopic (exact) mass is 260 g/mol. The van der Waals surface area contributed by atoms with E-state index in [-0.39, 0.29) is 5.91 Å². The zero-order chi connectivity index (χ0) is 13.7. The fourth-order valence-electron chi connectivity index (χ4n) is 2.78. The molecule has 1 N–H and O–H groups in total. The van der Waals surface area contributed by atoms with Gasteiger partial charge >= 0.3 is 0 Å². The zero-order valence-electron chi connectivity index (χ0n) is 12.0. The Bertz CT molecular complexity index is 431. The quantitative estimate of drug-likeness (QED) is 0.901. The molecule has 0 spiro atoms. The number of carbonyl (C=O) groups is 1. The summed E-state index contributed by atoms with van der Waals surface area (Å²) in [7, 11) is 0. The van der Waals surface area contributed by atoms with Crippen LogP contribution in [-0.2, 0) is 11.3 Å². The molecular weight excluding hydrogens is 236 g/mol. The summed E-state index contributed by atoms with van der Waals surface area (Å²) in [6, 6.07) is 8.59. The van der Waals surface area contributed by atoms with Gasteiger partial charge in [0.15, 0.2) is 0 Å². The van der Waals surface area contributed by atoms with E-state index >= 15 is 0 Å². The molecule has 1 aromatic carbocycles. The number of hydrogen-bond acceptors (Lipinski definition) is 2. The van der Waals surface area contributed by atoms with Crippen LogP contribution in [0, 0.1) is 12.8 Å². The lowest BCUT2D eigenvalue weighted by molar-refractivity contribution is -0.119. The number of amides is 1. The summed E-state index contributed by atoms with van der Waals surface area (Å²) in [6.45, 7) is 7.88. The number of rotatable bonds is 4. The lowest BCUT2D eigenvalue weighted by Gasteiger charge is -2.33. The van der Waals surface area contributed by atoms with Crippen LogP contribution in [0.3, 0.4) is 0 Å².